The standard InChI is InChI=1S/C18H25N3O3/c1-18(2,3)17(24)21-10-6-7-12(11-21)16(23)20-14-9-5-4-8-13(14)15(19)22/h4-5,8-9,12H,6-7,10-11H2,1-3H3,(H2,19,22)(H,20,23)/t12-/m0/s1. The summed E-state index contributed by atoms with van der Waals surface area (Å²) < 4.78 is 0. The van der Waals surface area contributed by atoms with E-state index in [0.717, 1.165) is 12.8 Å². The molecule has 3 N–H and O–H groups in total. The van der Waals surface area contributed by atoms with Crippen molar-refractivity contribution >= 4 is 23.4 Å². The Kier molecular flexibility index (Phi) is 5.26. The van der Waals surface area contributed by atoms with E-state index in [4.69, 9.17) is 5.73 Å². The fraction of sp³-hybridized carbons (Fsp3) is 0.500. The highest BCUT2D eigenvalue weighted by Gasteiger charge is 2.33. The molecule has 0 radical (unpaired) electrons. The number of hydrogen-bond donors (Lipinski definition) is 2. The lowest BCUT2D eigenvalue weighted by Gasteiger charge is -2.35. The first-order valence-corrected chi connectivity index (χ1v) is 8.19. The van der Waals surface area contributed by atoms with Crippen LogP contribution < -0.4 is 11.1 Å². The van der Waals surface area contributed by atoms with E-state index in [1.165, 1.54) is 0 Å². The van der Waals surface area contributed by atoms with Crippen molar-refractivity contribution in [3.8, 4) is 0 Å². The van der Waals surface area contributed by atoms with Gasteiger partial charge in [0.25, 0.3) is 5.91 Å². The van der Waals surface area contributed by atoms with Crippen LogP contribution in [0.25, 0.3) is 0 Å². The number of rotatable bonds is 3. The fourth-order valence-electron chi connectivity index (χ4n) is 2.89. The summed E-state index contributed by atoms with van der Waals surface area (Å²) in [5.74, 6) is -1.00. The molecule has 0 aromatic heterocycles. The third-order valence-electron chi connectivity index (χ3n) is 4.17. The minimum Gasteiger partial charge on any atom is -0.366 e. The van der Waals surface area contributed by atoms with Crippen molar-refractivity contribution in [2.24, 2.45) is 17.1 Å². The average molecular weight is 331 g/mol. The molecule has 0 unspecified atom stereocenters. The number of likely N-dealkylation sites (tertiary alicyclic amines) is 1. The number of nitrogens with two attached hydrogens (primary N) is 1. The lowest BCUT2D eigenvalue weighted by molar-refractivity contribution is -0.142. The molecule has 6 heteroatoms. The Bertz CT molecular complexity index is 649. The van der Waals surface area contributed by atoms with E-state index in [9.17, 15) is 14.4 Å². The molecule has 1 aromatic rings. The van der Waals surface area contributed by atoms with Crippen LogP contribution in [0.3, 0.4) is 0 Å². The van der Waals surface area contributed by atoms with Crippen LogP contribution in [0.5, 0.6) is 0 Å². The molecule has 0 aliphatic carbocycles. The maximum Gasteiger partial charge on any atom is 0.250 e. The molecule has 0 saturated carbocycles. The number of nitrogens with one attached hydrogen (secondary N) is 1. The van der Waals surface area contributed by atoms with E-state index >= 15 is 0 Å². The minimum absolute atomic E-state index is 0.0533. The molecule has 1 fully saturated rings. The molecule has 1 atom stereocenters. The van der Waals surface area contributed by atoms with Crippen LogP contribution >= 0.6 is 0 Å². The van der Waals surface area contributed by atoms with E-state index in [0.29, 0.717) is 18.8 Å². The molecule has 1 aromatic carbocycles. The second-order valence-corrected chi connectivity index (χ2v) is 7.24. The maximum atomic E-state index is 12.6. The van der Waals surface area contributed by atoms with E-state index in [2.05, 4.69) is 5.32 Å². The second-order valence-electron chi connectivity index (χ2n) is 7.24. The van der Waals surface area contributed by atoms with Crippen molar-refractivity contribution in [2.75, 3.05) is 18.4 Å². The van der Waals surface area contributed by atoms with Crippen LogP contribution in [-0.2, 0) is 9.59 Å². The summed E-state index contributed by atoms with van der Waals surface area (Å²) in [6.07, 6.45) is 1.51. The zero-order valence-corrected chi connectivity index (χ0v) is 14.5. The molecule has 2 rings (SSSR count). The van der Waals surface area contributed by atoms with Gasteiger partial charge in [-0.3, -0.25) is 14.4 Å². The van der Waals surface area contributed by atoms with Crippen LogP contribution in [0.1, 0.15) is 44.0 Å². The van der Waals surface area contributed by atoms with E-state index < -0.39 is 11.3 Å². The van der Waals surface area contributed by atoms with E-state index in [-0.39, 0.29) is 23.3 Å². The first kappa shape index (κ1) is 18.0. The van der Waals surface area contributed by atoms with Crippen molar-refractivity contribution in [1.82, 2.24) is 4.90 Å². The molecule has 1 aliphatic rings. The number of hydrogen-bond acceptors (Lipinski definition) is 3. The smallest absolute Gasteiger partial charge is 0.250 e. The molecule has 6 nitrogen and oxygen atoms in total. The number of piperidine rings is 1. The molecule has 0 bridgehead atoms. The Labute approximate surface area is 142 Å². The van der Waals surface area contributed by atoms with Crippen molar-refractivity contribution in [3.63, 3.8) is 0 Å². The average Bonchev–Trinajstić information content (AvgIpc) is 2.53. The maximum absolute atomic E-state index is 12.6. The summed E-state index contributed by atoms with van der Waals surface area (Å²) in [6, 6.07) is 6.66. The Morgan fingerprint density at radius 1 is 1.21 bits per heavy atom. The topological polar surface area (TPSA) is 92.5 Å². The summed E-state index contributed by atoms with van der Waals surface area (Å²) in [7, 11) is 0. The van der Waals surface area contributed by atoms with Gasteiger partial charge in [-0.15, -0.1) is 0 Å². The van der Waals surface area contributed by atoms with Crippen LogP contribution in [-0.4, -0.2) is 35.7 Å². The van der Waals surface area contributed by atoms with Gasteiger partial charge >= 0.3 is 0 Å². The number of benzene rings is 1. The Hall–Kier alpha value is -2.37. The van der Waals surface area contributed by atoms with Crippen molar-refractivity contribution in [1.29, 1.82) is 0 Å². The second kappa shape index (κ2) is 7.03. The summed E-state index contributed by atoms with van der Waals surface area (Å²) >= 11 is 0. The predicted octanol–water partition coefficient (Wildman–Crippen LogP) is 2.01. The van der Waals surface area contributed by atoms with Crippen molar-refractivity contribution < 1.29 is 14.4 Å². The summed E-state index contributed by atoms with van der Waals surface area (Å²) in [6.45, 7) is 6.71. The predicted molar refractivity (Wildman–Crippen MR) is 92.3 cm³/mol. The SMILES string of the molecule is CC(C)(C)C(=O)N1CCC[C@H](C(=O)Nc2ccccc2C(N)=O)C1. The first-order valence-electron chi connectivity index (χ1n) is 8.19. The number of amides is 3. The normalized spacial score (nSPS) is 18.1. The number of carbonyl (C=O) groups excluding carboxylic acids is 3. The van der Waals surface area contributed by atoms with Gasteiger partial charge in [0, 0.05) is 18.5 Å². The minimum atomic E-state index is -0.584. The largest absolute Gasteiger partial charge is 0.366 e. The fourth-order valence-corrected chi connectivity index (χ4v) is 2.89. The zero-order chi connectivity index (χ0) is 17.9. The lowest BCUT2D eigenvalue weighted by atomic mass is 9.91. The van der Waals surface area contributed by atoms with Crippen LogP contribution in [0.15, 0.2) is 24.3 Å². The van der Waals surface area contributed by atoms with Gasteiger partial charge in [-0.1, -0.05) is 32.9 Å². The van der Waals surface area contributed by atoms with Gasteiger partial charge in [0.1, 0.15) is 0 Å². The van der Waals surface area contributed by atoms with Gasteiger partial charge in [-0.2, -0.15) is 0 Å². The number of anilines is 1. The van der Waals surface area contributed by atoms with Crippen molar-refractivity contribution in [2.45, 2.75) is 33.6 Å². The number of para-hydroxylation sites is 1. The van der Waals surface area contributed by atoms with Gasteiger partial charge in [-0.25, -0.2) is 0 Å². The number of primary amides is 1. The summed E-state index contributed by atoms with van der Waals surface area (Å²) in [4.78, 5) is 38.2. The third kappa shape index (κ3) is 4.13. The molecular formula is C18H25N3O3. The summed E-state index contributed by atoms with van der Waals surface area (Å²) in [5, 5.41) is 2.78. The van der Waals surface area contributed by atoms with Crippen molar-refractivity contribution in [3.05, 3.63) is 29.8 Å². The quantitative estimate of drug-likeness (QED) is 0.887. The Morgan fingerprint density at radius 2 is 1.88 bits per heavy atom. The molecule has 24 heavy (non-hydrogen) atoms. The van der Waals surface area contributed by atoms with Gasteiger partial charge in [0.15, 0.2) is 0 Å². The highest BCUT2D eigenvalue weighted by Crippen LogP contribution is 2.25. The van der Waals surface area contributed by atoms with Gasteiger partial charge < -0.3 is 16.0 Å². The van der Waals surface area contributed by atoms with Gasteiger partial charge in [0.2, 0.25) is 11.8 Å². The number of carbonyl (C=O) groups is 3. The molecule has 1 aliphatic heterocycles. The molecule has 1 heterocycles. The van der Waals surface area contributed by atoms with Crippen LogP contribution in [0.2, 0.25) is 0 Å². The van der Waals surface area contributed by atoms with Crippen LogP contribution in [0.4, 0.5) is 5.69 Å². The first-order chi connectivity index (χ1) is 11.2. The summed E-state index contributed by atoms with van der Waals surface area (Å²) in [5.41, 5.74) is 5.57. The van der Waals surface area contributed by atoms with E-state index in [1.807, 2.05) is 20.8 Å². The molecule has 130 valence electrons. The number of nitrogens with zero attached hydrogens (tertiary/aromatic N) is 1. The third-order valence-corrected chi connectivity index (χ3v) is 4.17. The molecule has 3 amide bonds. The highest BCUT2D eigenvalue weighted by atomic mass is 16.2. The monoisotopic (exact) mass is 331 g/mol. The highest BCUT2D eigenvalue weighted by molar-refractivity contribution is 6.03. The van der Waals surface area contributed by atoms with Gasteiger partial charge in [-0.05, 0) is 25.0 Å². The molecule has 1 saturated heterocycles. The van der Waals surface area contributed by atoms with Gasteiger partial charge in [0.05, 0.1) is 17.2 Å². The Balaban J connectivity index is 2.08. The lowest BCUT2D eigenvalue weighted by Crippen LogP contribution is -2.47. The van der Waals surface area contributed by atoms with Crippen LogP contribution in [0, 0.1) is 11.3 Å². The Morgan fingerprint density at radius 3 is 2.50 bits per heavy atom. The zero-order valence-electron chi connectivity index (χ0n) is 14.5. The molecular weight excluding hydrogens is 306 g/mol. The molecule has 0 spiro atoms. The van der Waals surface area contributed by atoms with E-state index in [1.54, 1.807) is 29.2 Å².